The third-order valence-corrected chi connectivity index (χ3v) is 2.75. The molecule has 0 bridgehead atoms. The van der Waals surface area contributed by atoms with Crippen molar-refractivity contribution in [3.05, 3.63) is 23.8 Å². The van der Waals surface area contributed by atoms with E-state index in [4.69, 9.17) is 15.2 Å². The van der Waals surface area contributed by atoms with E-state index in [1.807, 2.05) is 18.2 Å². The van der Waals surface area contributed by atoms with Gasteiger partial charge in [-0.15, -0.1) is 0 Å². The van der Waals surface area contributed by atoms with E-state index in [1.165, 1.54) is 0 Å². The van der Waals surface area contributed by atoms with Crippen LogP contribution in [0.1, 0.15) is 18.5 Å². The molecular formula is C11H15NO3. The molecule has 0 spiro atoms. The third kappa shape index (κ3) is 1.56. The summed E-state index contributed by atoms with van der Waals surface area (Å²) in [5.41, 5.74) is 5.67. The number of aliphatic hydroxyl groups is 1. The average Bonchev–Trinajstić information content (AvgIpc) is 2.23. The van der Waals surface area contributed by atoms with Crippen LogP contribution >= 0.6 is 0 Å². The zero-order chi connectivity index (χ0) is 11.1. The molecule has 2 rings (SSSR count). The maximum Gasteiger partial charge on any atom is 0.128 e. The van der Waals surface area contributed by atoms with Gasteiger partial charge < -0.3 is 20.3 Å². The molecule has 0 aromatic heterocycles. The van der Waals surface area contributed by atoms with Gasteiger partial charge in [0.1, 0.15) is 23.7 Å². The molecule has 82 valence electrons. The molecule has 3 N–H and O–H groups in total. The van der Waals surface area contributed by atoms with Crippen molar-refractivity contribution in [1.82, 2.24) is 0 Å². The van der Waals surface area contributed by atoms with Gasteiger partial charge in [0.2, 0.25) is 0 Å². The van der Waals surface area contributed by atoms with Crippen LogP contribution < -0.4 is 15.2 Å². The van der Waals surface area contributed by atoms with E-state index in [-0.39, 0.29) is 6.61 Å². The van der Waals surface area contributed by atoms with Crippen LogP contribution in [0.15, 0.2) is 18.2 Å². The SMILES string of the molecule is COc1cccc2c1C(N)C(C)(O)CO2. The van der Waals surface area contributed by atoms with E-state index in [0.717, 1.165) is 5.56 Å². The van der Waals surface area contributed by atoms with Crippen LogP contribution in [0, 0.1) is 0 Å². The lowest BCUT2D eigenvalue weighted by Gasteiger charge is -2.36. The summed E-state index contributed by atoms with van der Waals surface area (Å²) in [6, 6.07) is 4.98. The van der Waals surface area contributed by atoms with Crippen molar-refractivity contribution in [2.75, 3.05) is 13.7 Å². The highest BCUT2D eigenvalue weighted by Crippen LogP contribution is 2.41. The van der Waals surface area contributed by atoms with E-state index in [1.54, 1.807) is 14.0 Å². The largest absolute Gasteiger partial charge is 0.496 e. The summed E-state index contributed by atoms with van der Waals surface area (Å²) in [6.07, 6.45) is 0. The van der Waals surface area contributed by atoms with Gasteiger partial charge in [-0.25, -0.2) is 0 Å². The van der Waals surface area contributed by atoms with Crippen LogP contribution in [0.5, 0.6) is 11.5 Å². The maximum absolute atomic E-state index is 10.0. The molecule has 1 aromatic carbocycles. The van der Waals surface area contributed by atoms with Gasteiger partial charge in [-0.3, -0.25) is 0 Å². The fraction of sp³-hybridized carbons (Fsp3) is 0.455. The molecule has 1 aliphatic heterocycles. The standard InChI is InChI=1S/C11H15NO3/c1-11(13)6-15-8-5-3-4-7(14-2)9(8)10(11)12/h3-5,10,13H,6,12H2,1-2H3. The summed E-state index contributed by atoms with van der Waals surface area (Å²) in [5.74, 6) is 1.34. The first-order chi connectivity index (χ1) is 7.06. The maximum atomic E-state index is 10.0. The minimum atomic E-state index is -1.05. The van der Waals surface area contributed by atoms with E-state index < -0.39 is 11.6 Å². The predicted molar refractivity (Wildman–Crippen MR) is 56.0 cm³/mol. The highest BCUT2D eigenvalue weighted by Gasteiger charge is 2.38. The minimum Gasteiger partial charge on any atom is -0.496 e. The molecule has 15 heavy (non-hydrogen) atoms. The number of ether oxygens (including phenoxy) is 2. The van der Waals surface area contributed by atoms with Gasteiger partial charge in [-0.1, -0.05) is 6.07 Å². The van der Waals surface area contributed by atoms with Crippen molar-refractivity contribution < 1.29 is 14.6 Å². The Morgan fingerprint density at radius 3 is 3.00 bits per heavy atom. The first kappa shape index (κ1) is 10.3. The number of benzene rings is 1. The monoisotopic (exact) mass is 209 g/mol. The van der Waals surface area contributed by atoms with Crippen LogP contribution in [0.25, 0.3) is 0 Å². The van der Waals surface area contributed by atoms with Gasteiger partial charge >= 0.3 is 0 Å². The van der Waals surface area contributed by atoms with E-state index >= 15 is 0 Å². The highest BCUT2D eigenvalue weighted by atomic mass is 16.5. The van der Waals surface area contributed by atoms with Gasteiger partial charge in [0.15, 0.2) is 0 Å². The molecule has 0 amide bonds. The van der Waals surface area contributed by atoms with Crippen molar-refractivity contribution in [2.45, 2.75) is 18.6 Å². The number of fused-ring (bicyclic) bond motifs is 1. The van der Waals surface area contributed by atoms with Gasteiger partial charge in [0.25, 0.3) is 0 Å². The molecule has 1 aromatic rings. The summed E-state index contributed by atoms with van der Waals surface area (Å²) < 4.78 is 10.6. The van der Waals surface area contributed by atoms with Crippen LogP contribution in [0.2, 0.25) is 0 Å². The number of methoxy groups -OCH3 is 1. The van der Waals surface area contributed by atoms with Crippen LogP contribution in [-0.4, -0.2) is 24.4 Å². The molecule has 0 saturated carbocycles. The Hall–Kier alpha value is -1.26. The molecule has 0 saturated heterocycles. The fourth-order valence-corrected chi connectivity index (χ4v) is 1.76. The first-order valence-electron chi connectivity index (χ1n) is 4.84. The van der Waals surface area contributed by atoms with Crippen LogP contribution in [-0.2, 0) is 0 Å². The second kappa shape index (κ2) is 3.40. The molecule has 0 aliphatic carbocycles. The zero-order valence-electron chi connectivity index (χ0n) is 8.86. The molecule has 4 heteroatoms. The van der Waals surface area contributed by atoms with Crippen molar-refractivity contribution in [3.8, 4) is 11.5 Å². The first-order valence-corrected chi connectivity index (χ1v) is 4.84. The number of rotatable bonds is 1. The molecule has 4 nitrogen and oxygen atoms in total. The van der Waals surface area contributed by atoms with Crippen molar-refractivity contribution in [1.29, 1.82) is 0 Å². The van der Waals surface area contributed by atoms with E-state index in [9.17, 15) is 5.11 Å². The third-order valence-electron chi connectivity index (χ3n) is 2.75. The predicted octanol–water partition coefficient (Wildman–Crippen LogP) is 0.838. The smallest absolute Gasteiger partial charge is 0.128 e. The minimum absolute atomic E-state index is 0.203. The Morgan fingerprint density at radius 2 is 2.33 bits per heavy atom. The van der Waals surface area contributed by atoms with Gasteiger partial charge in [-0.2, -0.15) is 0 Å². The summed E-state index contributed by atoms with van der Waals surface area (Å²) in [7, 11) is 1.58. The molecule has 2 unspecified atom stereocenters. The zero-order valence-corrected chi connectivity index (χ0v) is 8.86. The summed E-state index contributed by atoms with van der Waals surface area (Å²) >= 11 is 0. The van der Waals surface area contributed by atoms with Crippen molar-refractivity contribution >= 4 is 0 Å². The van der Waals surface area contributed by atoms with Crippen molar-refractivity contribution in [3.63, 3.8) is 0 Å². The Morgan fingerprint density at radius 1 is 1.60 bits per heavy atom. The molecule has 1 heterocycles. The van der Waals surface area contributed by atoms with Gasteiger partial charge in [-0.05, 0) is 19.1 Å². The second-order valence-electron chi connectivity index (χ2n) is 4.00. The fourth-order valence-electron chi connectivity index (χ4n) is 1.76. The number of hydrogen-bond acceptors (Lipinski definition) is 4. The number of hydrogen-bond donors (Lipinski definition) is 2. The summed E-state index contributed by atoms with van der Waals surface area (Å²) in [5, 5.41) is 10.0. The Labute approximate surface area is 88.6 Å². The van der Waals surface area contributed by atoms with E-state index in [0.29, 0.717) is 11.5 Å². The highest BCUT2D eigenvalue weighted by molar-refractivity contribution is 5.49. The lowest BCUT2D eigenvalue weighted by Crippen LogP contribution is -2.46. The van der Waals surface area contributed by atoms with Crippen LogP contribution in [0.3, 0.4) is 0 Å². The second-order valence-corrected chi connectivity index (χ2v) is 4.00. The Bertz CT molecular complexity index is 362. The van der Waals surface area contributed by atoms with Gasteiger partial charge in [0, 0.05) is 0 Å². The molecule has 1 aliphatic rings. The molecular weight excluding hydrogens is 194 g/mol. The lowest BCUT2D eigenvalue weighted by molar-refractivity contribution is -0.0257. The Balaban J connectivity index is 2.53. The molecule has 2 atom stereocenters. The van der Waals surface area contributed by atoms with Crippen molar-refractivity contribution in [2.24, 2.45) is 5.73 Å². The summed E-state index contributed by atoms with van der Waals surface area (Å²) in [4.78, 5) is 0. The number of nitrogens with two attached hydrogens (primary N) is 1. The normalized spacial score (nSPS) is 29.2. The average molecular weight is 209 g/mol. The van der Waals surface area contributed by atoms with E-state index in [2.05, 4.69) is 0 Å². The summed E-state index contributed by atoms with van der Waals surface area (Å²) in [6.45, 7) is 1.86. The van der Waals surface area contributed by atoms with Crippen LogP contribution in [0.4, 0.5) is 0 Å². The molecule has 0 radical (unpaired) electrons. The Kier molecular flexibility index (Phi) is 2.32. The lowest BCUT2D eigenvalue weighted by atomic mass is 9.88. The van der Waals surface area contributed by atoms with Gasteiger partial charge in [0.05, 0.1) is 18.7 Å². The molecule has 0 fully saturated rings. The quantitative estimate of drug-likeness (QED) is 0.719. The topological polar surface area (TPSA) is 64.7 Å².